The van der Waals surface area contributed by atoms with E-state index in [0.717, 1.165) is 42.6 Å². The molecule has 0 saturated heterocycles. The summed E-state index contributed by atoms with van der Waals surface area (Å²) in [6, 6.07) is 10.2. The number of benzene rings is 1. The molecule has 0 bridgehead atoms. The van der Waals surface area contributed by atoms with E-state index in [1.807, 2.05) is 24.4 Å². The van der Waals surface area contributed by atoms with Crippen molar-refractivity contribution in [2.75, 3.05) is 6.61 Å². The fraction of sp³-hybridized carbons (Fsp3) is 0.677. The second-order valence-corrected chi connectivity index (χ2v) is 10.3. The van der Waals surface area contributed by atoms with Gasteiger partial charge in [0.15, 0.2) is 5.82 Å². The molecule has 1 fully saturated rings. The Morgan fingerprint density at radius 1 is 0.794 bits per heavy atom. The van der Waals surface area contributed by atoms with Gasteiger partial charge in [0, 0.05) is 17.3 Å². The first-order chi connectivity index (χ1) is 16.9. The van der Waals surface area contributed by atoms with Crippen LogP contribution in [0.25, 0.3) is 11.4 Å². The van der Waals surface area contributed by atoms with Gasteiger partial charge in [-0.1, -0.05) is 134 Å². The monoisotopic (exact) mass is 464 g/mol. The lowest BCUT2D eigenvalue weighted by molar-refractivity contribution is 0.289. The predicted octanol–water partition coefficient (Wildman–Crippen LogP) is 9.35. The van der Waals surface area contributed by atoms with Gasteiger partial charge < -0.3 is 4.74 Å². The second-order valence-electron chi connectivity index (χ2n) is 10.3. The van der Waals surface area contributed by atoms with Crippen molar-refractivity contribution >= 4 is 0 Å². The molecule has 2 aromatic rings. The third-order valence-corrected chi connectivity index (χ3v) is 7.38. The van der Waals surface area contributed by atoms with Crippen LogP contribution in [0.5, 0.6) is 5.88 Å². The van der Waals surface area contributed by atoms with Crippen LogP contribution in [0.1, 0.15) is 122 Å². The minimum atomic E-state index is 0.760. The minimum Gasteiger partial charge on any atom is -0.477 e. The van der Waals surface area contributed by atoms with E-state index in [2.05, 4.69) is 24.0 Å². The largest absolute Gasteiger partial charge is 0.477 e. The molecule has 188 valence electrons. The van der Waals surface area contributed by atoms with E-state index in [1.54, 1.807) is 0 Å². The number of rotatable bonds is 18. The molecule has 0 aliphatic heterocycles. The van der Waals surface area contributed by atoms with Gasteiger partial charge in [0.25, 0.3) is 0 Å². The van der Waals surface area contributed by atoms with Gasteiger partial charge in [-0.3, -0.25) is 0 Å². The fourth-order valence-electron chi connectivity index (χ4n) is 5.22. The van der Waals surface area contributed by atoms with E-state index < -0.39 is 0 Å². The highest BCUT2D eigenvalue weighted by Gasteiger charge is 2.14. The molecule has 3 heteroatoms. The topological polar surface area (TPSA) is 35.0 Å². The van der Waals surface area contributed by atoms with Gasteiger partial charge in [0.1, 0.15) is 0 Å². The standard InChI is InChI=1S/C31H48N2O/c1-2-3-4-8-13-24-29-26-32-30(28-22-14-11-15-23-28)33-31(29)34-25-18-10-7-5-6-9-12-19-27-20-16-17-21-27/h11,14-15,22-23,26-27H,2-10,12-13,16-21,24-25H2,1H3. The molecule has 0 amide bonds. The lowest BCUT2D eigenvalue weighted by Gasteiger charge is -2.12. The normalized spacial score (nSPS) is 14.0. The van der Waals surface area contributed by atoms with Crippen LogP contribution in [-0.4, -0.2) is 16.6 Å². The molecule has 0 unspecified atom stereocenters. The quantitative estimate of drug-likeness (QED) is 0.206. The highest BCUT2D eigenvalue weighted by Crippen LogP contribution is 2.29. The predicted molar refractivity (Wildman–Crippen MR) is 144 cm³/mol. The lowest BCUT2D eigenvalue weighted by Crippen LogP contribution is -2.05. The third kappa shape index (κ3) is 10.2. The van der Waals surface area contributed by atoms with E-state index in [9.17, 15) is 0 Å². The van der Waals surface area contributed by atoms with Crippen LogP contribution in [0, 0.1) is 5.92 Å². The maximum absolute atomic E-state index is 6.23. The Morgan fingerprint density at radius 3 is 2.24 bits per heavy atom. The van der Waals surface area contributed by atoms with Gasteiger partial charge in [-0.25, -0.2) is 4.98 Å². The van der Waals surface area contributed by atoms with Crippen LogP contribution in [0.15, 0.2) is 36.5 Å². The van der Waals surface area contributed by atoms with Crippen LogP contribution in [0.3, 0.4) is 0 Å². The SMILES string of the molecule is CCCCCCCc1cnc(-c2ccccc2)nc1OCCCCCCCCCC1CCCC1. The van der Waals surface area contributed by atoms with E-state index in [0.29, 0.717) is 0 Å². The van der Waals surface area contributed by atoms with Gasteiger partial charge >= 0.3 is 0 Å². The fourth-order valence-corrected chi connectivity index (χ4v) is 5.22. The molecule has 0 radical (unpaired) electrons. The van der Waals surface area contributed by atoms with E-state index in [4.69, 9.17) is 9.72 Å². The highest BCUT2D eigenvalue weighted by atomic mass is 16.5. The van der Waals surface area contributed by atoms with Crippen molar-refractivity contribution in [2.24, 2.45) is 5.92 Å². The summed E-state index contributed by atoms with van der Waals surface area (Å²) in [6.07, 6.45) is 26.2. The number of aryl methyl sites for hydroxylation is 1. The maximum Gasteiger partial charge on any atom is 0.220 e. The van der Waals surface area contributed by atoms with Gasteiger partial charge in [0.05, 0.1) is 6.61 Å². The van der Waals surface area contributed by atoms with Crippen LogP contribution in [0.4, 0.5) is 0 Å². The smallest absolute Gasteiger partial charge is 0.220 e. The molecule has 1 heterocycles. The molecule has 0 atom stereocenters. The zero-order valence-corrected chi connectivity index (χ0v) is 21.8. The van der Waals surface area contributed by atoms with Crippen LogP contribution in [0.2, 0.25) is 0 Å². The van der Waals surface area contributed by atoms with E-state index >= 15 is 0 Å². The van der Waals surface area contributed by atoms with Crippen molar-refractivity contribution in [3.8, 4) is 17.3 Å². The van der Waals surface area contributed by atoms with Crippen LogP contribution >= 0.6 is 0 Å². The summed E-state index contributed by atoms with van der Waals surface area (Å²) in [5, 5.41) is 0. The van der Waals surface area contributed by atoms with Crippen LogP contribution < -0.4 is 4.74 Å². The summed E-state index contributed by atoms with van der Waals surface area (Å²) in [5.74, 6) is 2.63. The van der Waals surface area contributed by atoms with Gasteiger partial charge in [-0.15, -0.1) is 0 Å². The third-order valence-electron chi connectivity index (χ3n) is 7.38. The summed E-state index contributed by atoms with van der Waals surface area (Å²) in [7, 11) is 0. The van der Waals surface area contributed by atoms with Crippen molar-refractivity contribution in [1.29, 1.82) is 0 Å². The maximum atomic E-state index is 6.23. The molecular formula is C31H48N2O. The number of aromatic nitrogens is 2. The molecule has 1 aliphatic carbocycles. The Kier molecular flexibility index (Phi) is 13.1. The average Bonchev–Trinajstić information content (AvgIpc) is 3.40. The zero-order valence-electron chi connectivity index (χ0n) is 21.8. The first-order valence-corrected chi connectivity index (χ1v) is 14.4. The second kappa shape index (κ2) is 16.7. The molecular weight excluding hydrogens is 416 g/mol. The van der Waals surface area contributed by atoms with E-state index in [-0.39, 0.29) is 0 Å². The van der Waals surface area contributed by atoms with Gasteiger partial charge in [-0.05, 0) is 25.2 Å². The summed E-state index contributed by atoms with van der Waals surface area (Å²) in [6.45, 7) is 3.02. The molecule has 1 aromatic carbocycles. The summed E-state index contributed by atoms with van der Waals surface area (Å²) in [4.78, 5) is 9.48. The Hall–Kier alpha value is -1.90. The molecule has 0 N–H and O–H groups in total. The van der Waals surface area contributed by atoms with Crippen molar-refractivity contribution in [3.05, 3.63) is 42.1 Å². The first kappa shape index (κ1) is 26.7. The molecule has 1 aliphatic rings. The van der Waals surface area contributed by atoms with Crippen molar-refractivity contribution < 1.29 is 4.74 Å². The lowest BCUT2D eigenvalue weighted by atomic mass is 9.99. The Labute approximate surface area is 209 Å². The average molecular weight is 465 g/mol. The van der Waals surface area contributed by atoms with Crippen molar-refractivity contribution in [2.45, 2.75) is 122 Å². The van der Waals surface area contributed by atoms with E-state index in [1.165, 1.54) is 108 Å². The Morgan fingerprint density at radius 2 is 1.47 bits per heavy atom. The molecule has 3 rings (SSSR count). The Bertz CT molecular complexity index is 770. The minimum absolute atomic E-state index is 0.760. The summed E-state index contributed by atoms with van der Waals surface area (Å²) in [5.41, 5.74) is 2.22. The number of unbranched alkanes of at least 4 members (excludes halogenated alkanes) is 10. The zero-order chi connectivity index (χ0) is 23.7. The van der Waals surface area contributed by atoms with Gasteiger partial charge in [-0.2, -0.15) is 4.98 Å². The molecule has 1 aromatic heterocycles. The first-order valence-electron chi connectivity index (χ1n) is 14.4. The molecule has 0 spiro atoms. The van der Waals surface area contributed by atoms with Crippen molar-refractivity contribution in [3.63, 3.8) is 0 Å². The molecule has 34 heavy (non-hydrogen) atoms. The van der Waals surface area contributed by atoms with Crippen LogP contribution in [-0.2, 0) is 6.42 Å². The Balaban J connectivity index is 1.36. The molecule has 1 saturated carbocycles. The number of hydrogen-bond donors (Lipinski definition) is 0. The number of hydrogen-bond acceptors (Lipinski definition) is 3. The summed E-state index contributed by atoms with van der Waals surface area (Å²) >= 11 is 0. The number of ether oxygens (including phenoxy) is 1. The summed E-state index contributed by atoms with van der Waals surface area (Å²) < 4.78 is 6.23. The highest BCUT2D eigenvalue weighted by molar-refractivity contribution is 5.55. The molecule has 3 nitrogen and oxygen atoms in total. The van der Waals surface area contributed by atoms with Gasteiger partial charge in [0.2, 0.25) is 5.88 Å². The van der Waals surface area contributed by atoms with Crippen molar-refractivity contribution in [1.82, 2.24) is 9.97 Å². The number of nitrogens with zero attached hydrogens (tertiary/aromatic N) is 2.